The minimum atomic E-state index is -1.02. The van der Waals surface area contributed by atoms with Crippen LogP contribution in [-0.4, -0.2) is 29.0 Å². The highest BCUT2D eigenvalue weighted by molar-refractivity contribution is 5.64. The zero-order chi connectivity index (χ0) is 9.84. The molecule has 2 atom stereocenters. The summed E-state index contributed by atoms with van der Waals surface area (Å²) in [5, 5.41) is 20.0. The molecule has 1 rings (SSSR count). The third kappa shape index (κ3) is 2.73. The fourth-order valence-electron chi connectivity index (χ4n) is 1.75. The van der Waals surface area contributed by atoms with Gasteiger partial charge in [0.15, 0.2) is 0 Å². The Hall–Kier alpha value is -1.03. The van der Waals surface area contributed by atoms with Crippen LogP contribution in [0, 0.1) is 5.92 Å². The van der Waals surface area contributed by atoms with Crippen LogP contribution in [0.2, 0.25) is 0 Å². The highest BCUT2D eigenvalue weighted by Crippen LogP contribution is 2.27. The molecule has 0 radical (unpaired) electrons. The van der Waals surface area contributed by atoms with Gasteiger partial charge < -0.3 is 15.5 Å². The van der Waals surface area contributed by atoms with E-state index < -0.39 is 6.09 Å². The maximum Gasteiger partial charge on any atom is 0.404 e. The molecule has 0 aliphatic heterocycles. The van der Waals surface area contributed by atoms with Crippen LogP contribution in [-0.2, 0) is 0 Å². The van der Waals surface area contributed by atoms with Gasteiger partial charge in [0.1, 0.15) is 0 Å². The van der Waals surface area contributed by atoms with Crippen molar-refractivity contribution in [3.05, 3.63) is 12.2 Å². The topological polar surface area (TPSA) is 69.6 Å². The smallest absolute Gasteiger partial charge is 0.404 e. The number of aliphatic hydroxyl groups is 1. The van der Waals surface area contributed by atoms with Gasteiger partial charge in [0.05, 0.1) is 0 Å². The number of rotatable bonds is 2. The Bertz CT molecular complexity index is 215. The fourth-order valence-corrected chi connectivity index (χ4v) is 1.75. The van der Waals surface area contributed by atoms with Crippen molar-refractivity contribution in [1.29, 1.82) is 0 Å². The summed E-state index contributed by atoms with van der Waals surface area (Å²) in [6.45, 7) is 3.86. The fraction of sp³-hybridized carbons (Fsp3) is 0.667. The second-order valence-electron chi connectivity index (χ2n) is 3.49. The van der Waals surface area contributed by atoms with Crippen LogP contribution in [0.5, 0.6) is 0 Å². The molecule has 0 aromatic rings. The second-order valence-corrected chi connectivity index (χ2v) is 3.49. The van der Waals surface area contributed by atoms with E-state index in [1.807, 2.05) is 0 Å². The molecule has 1 aliphatic carbocycles. The van der Waals surface area contributed by atoms with Gasteiger partial charge in [0.2, 0.25) is 0 Å². The van der Waals surface area contributed by atoms with Gasteiger partial charge in [-0.05, 0) is 19.3 Å². The lowest BCUT2D eigenvalue weighted by atomic mass is 9.82. The molecule has 74 valence electrons. The summed E-state index contributed by atoms with van der Waals surface area (Å²) in [6, 6.07) is -0.118. The predicted molar refractivity (Wildman–Crippen MR) is 48.5 cm³/mol. The number of carboxylic acid groups (broad SMARTS) is 1. The van der Waals surface area contributed by atoms with Crippen LogP contribution in [0.3, 0.4) is 0 Å². The molecule has 0 aromatic carbocycles. The maximum absolute atomic E-state index is 10.4. The summed E-state index contributed by atoms with van der Waals surface area (Å²) in [4.78, 5) is 10.4. The third-order valence-corrected chi connectivity index (χ3v) is 2.47. The van der Waals surface area contributed by atoms with E-state index in [0.717, 1.165) is 24.8 Å². The Balaban J connectivity index is 2.52. The maximum atomic E-state index is 10.4. The average molecular weight is 185 g/mol. The van der Waals surface area contributed by atoms with Gasteiger partial charge in [-0.25, -0.2) is 4.79 Å². The number of carbonyl (C=O) groups is 1. The molecule has 1 saturated carbocycles. The number of amides is 1. The van der Waals surface area contributed by atoms with E-state index in [9.17, 15) is 4.79 Å². The average Bonchev–Trinajstić information content (AvgIpc) is 2.07. The molecule has 13 heavy (non-hydrogen) atoms. The molecule has 0 unspecified atom stereocenters. The highest BCUT2D eigenvalue weighted by atomic mass is 16.4. The van der Waals surface area contributed by atoms with Gasteiger partial charge in [0.25, 0.3) is 0 Å². The Morgan fingerprint density at radius 2 is 2.38 bits per heavy atom. The first-order valence-electron chi connectivity index (χ1n) is 4.40. The summed E-state index contributed by atoms with van der Waals surface area (Å²) in [6.07, 6.45) is 1.30. The third-order valence-electron chi connectivity index (χ3n) is 2.47. The van der Waals surface area contributed by atoms with Crippen molar-refractivity contribution in [1.82, 2.24) is 5.32 Å². The molecule has 0 spiro atoms. The lowest BCUT2D eigenvalue weighted by Crippen LogP contribution is -2.43. The molecule has 1 aliphatic rings. The molecule has 4 heteroatoms. The molecular formula is C9H15NO3. The molecular weight excluding hydrogens is 170 g/mol. The lowest BCUT2D eigenvalue weighted by Gasteiger charge is -2.31. The summed E-state index contributed by atoms with van der Waals surface area (Å²) >= 11 is 0. The Kier molecular flexibility index (Phi) is 3.31. The monoisotopic (exact) mass is 185 g/mol. The van der Waals surface area contributed by atoms with E-state index >= 15 is 0 Å². The van der Waals surface area contributed by atoms with Crippen LogP contribution in [0.25, 0.3) is 0 Å². The first-order valence-corrected chi connectivity index (χ1v) is 4.40. The van der Waals surface area contributed by atoms with Gasteiger partial charge in [-0.3, -0.25) is 0 Å². The Labute approximate surface area is 77.3 Å². The van der Waals surface area contributed by atoms with Crippen molar-refractivity contribution in [2.75, 3.05) is 6.61 Å². The van der Waals surface area contributed by atoms with E-state index in [2.05, 4.69) is 11.9 Å². The van der Waals surface area contributed by atoms with Crippen molar-refractivity contribution in [3.8, 4) is 0 Å². The van der Waals surface area contributed by atoms with Crippen molar-refractivity contribution in [2.45, 2.75) is 25.3 Å². The molecule has 3 N–H and O–H groups in total. The molecule has 0 bridgehead atoms. The first-order chi connectivity index (χ1) is 6.13. The molecule has 1 fully saturated rings. The molecule has 0 heterocycles. The van der Waals surface area contributed by atoms with Crippen LogP contribution in [0.1, 0.15) is 19.3 Å². The minimum Gasteiger partial charge on any atom is -0.465 e. The number of nitrogens with one attached hydrogen (secondary N) is 1. The van der Waals surface area contributed by atoms with E-state index in [-0.39, 0.29) is 18.6 Å². The van der Waals surface area contributed by atoms with Crippen LogP contribution in [0.4, 0.5) is 4.79 Å². The molecule has 0 saturated heterocycles. The van der Waals surface area contributed by atoms with Crippen molar-refractivity contribution >= 4 is 6.09 Å². The van der Waals surface area contributed by atoms with Crippen LogP contribution in [0.15, 0.2) is 12.2 Å². The zero-order valence-electron chi connectivity index (χ0n) is 7.49. The molecule has 1 amide bonds. The van der Waals surface area contributed by atoms with E-state index in [0.29, 0.717) is 0 Å². The standard InChI is InChI=1S/C9H15NO3/c1-6-2-3-8(10-9(12)13)7(4-6)5-11/h7-8,10-11H,1-5H2,(H,12,13)/t7-,8+/m1/s1. The van der Waals surface area contributed by atoms with Crippen molar-refractivity contribution in [3.63, 3.8) is 0 Å². The second kappa shape index (κ2) is 4.28. The van der Waals surface area contributed by atoms with E-state index in [4.69, 9.17) is 10.2 Å². The summed E-state index contributed by atoms with van der Waals surface area (Å²) in [5.74, 6) is -0.00245. The van der Waals surface area contributed by atoms with Gasteiger partial charge in [-0.15, -0.1) is 0 Å². The van der Waals surface area contributed by atoms with Gasteiger partial charge >= 0.3 is 6.09 Å². The van der Waals surface area contributed by atoms with Gasteiger partial charge in [0, 0.05) is 18.6 Å². The quantitative estimate of drug-likeness (QED) is 0.561. The van der Waals surface area contributed by atoms with E-state index in [1.54, 1.807) is 0 Å². The summed E-state index contributed by atoms with van der Waals surface area (Å²) in [7, 11) is 0. The van der Waals surface area contributed by atoms with Gasteiger partial charge in [-0.1, -0.05) is 12.2 Å². The molecule has 0 aromatic heterocycles. The number of hydrogen-bond donors (Lipinski definition) is 3. The van der Waals surface area contributed by atoms with E-state index in [1.165, 1.54) is 0 Å². The first kappa shape index (κ1) is 10.1. The highest BCUT2D eigenvalue weighted by Gasteiger charge is 2.27. The van der Waals surface area contributed by atoms with Crippen LogP contribution < -0.4 is 5.32 Å². The van der Waals surface area contributed by atoms with Gasteiger partial charge in [-0.2, -0.15) is 0 Å². The summed E-state index contributed by atoms with van der Waals surface area (Å²) in [5.41, 5.74) is 1.10. The van der Waals surface area contributed by atoms with Crippen LogP contribution >= 0.6 is 0 Å². The normalized spacial score (nSPS) is 28.5. The predicted octanol–water partition coefficient (Wildman–Crippen LogP) is 0.971. The van der Waals surface area contributed by atoms with Crippen molar-refractivity contribution < 1.29 is 15.0 Å². The number of aliphatic hydroxyl groups excluding tert-OH is 1. The minimum absolute atomic E-state index is 0.00245. The largest absolute Gasteiger partial charge is 0.465 e. The number of hydrogen-bond acceptors (Lipinski definition) is 2. The Morgan fingerprint density at radius 1 is 1.69 bits per heavy atom. The number of allylic oxidation sites excluding steroid dienone is 1. The SMILES string of the molecule is C=C1CC[C@H](NC(=O)O)[C@@H](CO)C1. The zero-order valence-corrected chi connectivity index (χ0v) is 7.49. The molecule has 4 nitrogen and oxygen atoms in total. The van der Waals surface area contributed by atoms with Crippen molar-refractivity contribution in [2.24, 2.45) is 5.92 Å². The Morgan fingerprint density at radius 3 is 2.92 bits per heavy atom. The lowest BCUT2D eigenvalue weighted by molar-refractivity contribution is 0.152. The summed E-state index contributed by atoms with van der Waals surface area (Å²) < 4.78 is 0.